The van der Waals surface area contributed by atoms with Gasteiger partial charge < -0.3 is 10.1 Å². The zero-order chi connectivity index (χ0) is 12.9. The summed E-state index contributed by atoms with van der Waals surface area (Å²) < 4.78 is 5.46. The average Bonchev–Trinajstić information content (AvgIpc) is 2.47. The first-order valence-electron chi connectivity index (χ1n) is 7.41. The van der Waals surface area contributed by atoms with Crippen LogP contribution in [-0.2, 0) is 11.8 Å². The number of nitrogens with one attached hydrogen (secondary N) is 1. The number of rotatable bonds is 1. The highest BCUT2D eigenvalue weighted by molar-refractivity contribution is 5.85. The molecule has 4 rings (SSSR count). The van der Waals surface area contributed by atoms with E-state index >= 15 is 0 Å². The number of hydrogen-bond acceptors (Lipinski definition) is 2. The van der Waals surface area contributed by atoms with Crippen LogP contribution >= 0.6 is 12.4 Å². The Bertz CT molecular complexity index is 542. The molecule has 20 heavy (non-hydrogen) atoms. The first-order valence-corrected chi connectivity index (χ1v) is 7.41. The third-order valence-corrected chi connectivity index (χ3v) is 5.44. The fourth-order valence-corrected chi connectivity index (χ4v) is 4.56. The van der Waals surface area contributed by atoms with Gasteiger partial charge in [-0.15, -0.1) is 12.4 Å². The molecule has 1 fully saturated rings. The molecule has 0 aromatic heterocycles. The fraction of sp³-hybridized carbons (Fsp3) is 0.529. The van der Waals surface area contributed by atoms with Gasteiger partial charge in [-0.2, -0.15) is 0 Å². The van der Waals surface area contributed by atoms with Crippen molar-refractivity contribution in [2.45, 2.75) is 37.1 Å². The number of allylic oxidation sites excluding steroid dienone is 1. The first kappa shape index (κ1) is 14.0. The van der Waals surface area contributed by atoms with E-state index in [0.29, 0.717) is 17.4 Å². The summed E-state index contributed by atoms with van der Waals surface area (Å²) in [5, 5.41) is 3.73. The summed E-state index contributed by atoms with van der Waals surface area (Å²) in [5.41, 5.74) is 3.47. The average molecular weight is 292 g/mol. The predicted octanol–water partition coefficient (Wildman–Crippen LogP) is 3.24. The van der Waals surface area contributed by atoms with Crippen LogP contribution in [0.25, 0.3) is 0 Å². The highest BCUT2D eigenvalue weighted by atomic mass is 35.5. The van der Waals surface area contributed by atoms with Crippen molar-refractivity contribution < 1.29 is 4.74 Å². The van der Waals surface area contributed by atoms with E-state index in [9.17, 15) is 0 Å². The predicted molar refractivity (Wildman–Crippen MR) is 83.9 cm³/mol. The van der Waals surface area contributed by atoms with Crippen LogP contribution in [0.1, 0.15) is 30.4 Å². The van der Waals surface area contributed by atoms with Crippen molar-refractivity contribution in [3.63, 3.8) is 0 Å². The van der Waals surface area contributed by atoms with Gasteiger partial charge in [0.25, 0.3) is 0 Å². The van der Waals surface area contributed by atoms with E-state index in [1.54, 1.807) is 12.7 Å². The van der Waals surface area contributed by atoms with Gasteiger partial charge in [-0.05, 0) is 55.5 Å². The SMILES string of the molecule is COc1ccc2c(c1)[C@@]13CCC=C[C@H]1[C@@H](C2)NCC3.Cl. The topological polar surface area (TPSA) is 21.3 Å². The number of halogens is 1. The molecular weight excluding hydrogens is 270 g/mol. The third kappa shape index (κ3) is 1.82. The normalized spacial score (nSPS) is 33.6. The molecule has 1 aromatic rings. The van der Waals surface area contributed by atoms with Crippen LogP contribution in [0.4, 0.5) is 0 Å². The van der Waals surface area contributed by atoms with Crippen LogP contribution in [0.2, 0.25) is 0 Å². The zero-order valence-corrected chi connectivity index (χ0v) is 12.7. The lowest BCUT2D eigenvalue weighted by atomic mass is 9.54. The van der Waals surface area contributed by atoms with Crippen molar-refractivity contribution in [3.05, 3.63) is 41.5 Å². The van der Waals surface area contributed by atoms with Gasteiger partial charge in [0.05, 0.1) is 7.11 Å². The molecule has 2 nitrogen and oxygen atoms in total. The van der Waals surface area contributed by atoms with E-state index < -0.39 is 0 Å². The first-order chi connectivity index (χ1) is 9.33. The Hall–Kier alpha value is -0.990. The minimum atomic E-state index is 0. The van der Waals surface area contributed by atoms with Crippen LogP contribution in [0, 0.1) is 5.92 Å². The summed E-state index contributed by atoms with van der Waals surface area (Å²) in [4.78, 5) is 0. The van der Waals surface area contributed by atoms with Gasteiger partial charge in [-0.25, -0.2) is 0 Å². The van der Waals surface area contributed by atoms with Crippen molar-refractivity contribution in [1.82, 2.24) is 5.32 Å². The molecule has 1 saturated heterocycles. The second-order valence-electron chi connectivity index (χ2n) is 6.19. The van der Waals surface area contributed by atoms with Crippen molar-refractivity contribution >= 4 is 12.4 Å². The number of ether oxygens (including phenoxy) is 1. The Morgan fingerprint density at radius 2 is 2.20 bits per heavy atom. The lowest BCUT2D eigenvalue weighted by Gasteiger charge is -2.54. The minimum absolute atomic E-state index is 0. The molecule has 1 aliphatic heterocycles. The van der Waals surface area contributed by atoms with Crippen molar-refractivity contribution in [1.29, 1.82) is 0 Å². The number of fused-ring (bicyclic) bond motifs is 1. The summed E-state index contributed by atoms with van der Waals surface area (Å²) in [6.45, 7) is 1.16. The van der Waals surface area contributed by atoms with Gasteiger partial charge in [0, 0.05) is 17.4 Å². The van der Waals surface area contributed by atoms with Crippen LogP contribution in [0.15, 0.2) is 30.4 Å². The largest absolute Gasteiger partial charge is 0.497 e. The summed E-state index contributed by atoms with van der Waals surface area (Å²) >= 11 is 0. The summed E-state index contributed by atoms with van der Waals surface area (Å²) in [6, 6.07) is 7.34. The van der Waals surface area contributed by atoms with Gasteiger partial charge in [0.15, 0.2) is 0 Å². The monoisotopic (exact) mass is 291 g/mol. The van der Waals surface area contributed by atoms with Crippen molar-refractivity contribution in [3.8, 4) is 5.75 Å². The molecule has 1 heterocycles. The smallest absolute Gasteiger partial charge is 0.119 e. The Labute approximate surface area is 127 Å². The second kappa shape index (κ2) is 5.09. The second-order valence-corrected chi connectivity index (χ2v) is 6.19. The summed E-state index contributed by atoms with van der Waals surface area (Å²) in [7, 11) is 1.77. The molecule has 1 N–H and O–H groups in total. The standard InChI is InChI=1S/C17H21NO.ClH/c1-19-13-6-5-12-10-16-14-4-2-3-7-17(14,8-9-18-16)15(12)11-13;/h2,4-6,11,14,16,18H,3,7-10H2,1H3;1H/t14-,16+,17+;/m0./s1. The molecular formula is C17H22ClNO. The van der Waals surface area contributed by atoms with E-state index in [2.05, 4.69) is 35.7 Å². The van der Waals surface area contributed by atoms with Gasteiger partial charge >= 0.3 is 0 Å². The molecule has 0 unspecified atom stereocenters. The van der Waals surface area contributed by atoms with E-state index in [-0.39, 0.29) is 12.4 Å². The minimum Gasteiger partial charge on any atom is -0.497 e. The van der Waals surface area contributed by atoms with E-state index in [4.69, 9.17) is 4.74 Å². The van der Waals surface area contributed by atoms with Crippen LogP contribution in [0.3, 0.4) is 0 Å². The molecule has 0 spiro atoms. The van der Waals surface area contributed by atoms with E-state index in [1.165, 1.54) is 24.8 Å². The Balaban J connectivity index is 0.00000121. The number of hydrogen-bond donors (Lipinski definition) is 1. The van der Waals surface area contributed by atoms with Crippen molar-refractivity contribution in [2.24, 2.45) is 5.92 Å². The van der Waals surface area contributed by atoms with E-state index in [1.807, 2.05) is 0 Å². The highest BCUT2D eigenvalue weighted by Crippen LogP contribution is 2.52. The molecule has 3 aliphatic rings. The van der Waals surface area contributed by atoms with Gasteiger partial charge in [-0.1, -0.05) is 18.2 Å². The van der Waals surface area contributed by atoms with Crippen LogP contribution < -0.4 is 10.1 Å². The summed E-state index contributed by atoms with van der Waals surface area (Å²) in [6.07, 6.45) is 9.80. The van der Waals surface area contributed by atoms with Gasteiger partial charge in [0.1, 0.15) is 5.75 Å². The molecule has 2 bridgehead atoms. The van der Waals surface area contributed by atoms with Gasteiger partial charge in [-0.3, -0.25) is 0 Å². The molecule has 108 valence electrons. The third-order valence-electron chi connectivity index (χ3n) is 5.44. The van der Waals surface area contributed by atoms with Crippen LogP contribution in [0.5, 0.6) is 5.75 Å². The van der Waals surface area contributed by atoms with E-state index in [0.717, 1.165) is 18.7 Å². The molecule has 3 atom stereocenters. The molecule has 1 aromatic carbocycles. The lowest BCUT2D eigenvalue weighted by molar-refractivity contribution is 0.146. The maximum atomic E-state index is 5.46. The fourth-order valence-electron chi connectivity index (χ4n) is 4.56. The van der Waals surface area contributed by atoms with Gasteiger partial charge in [0.2, 0.25) is 0 Å². The summed E-state index contributed by atoms with van der Waals surface area (Å²) in [5.74, 6) is 1.69. The quantitative estimate of drug-likeness (QED) is 0.802. The molecule has 2 aliphatic carbocycles. The Kier molecular flexibility index (Phi) is 3.55. The lowest BCUT2D eigenvalue weighted by Crippen LogP contribution is -2.58. The highest BCUT2D eigenvalue weighted by Gasteiger charge is 2.50. The number of benzene rings is 1. The maximum Gasteiger partial charge on any atom is 0.119 e. The molecule has 0 amide bonds. The maximum absolute atomic E-state index is 5.46. The van der Waals surface area contributed by atoms with Crippen molar-refractivity contribution in [2.75, 3.05) is 13.7 Å². The molecule has 3 heteroatoms. The zero-order valence-electron chi connectivity index (χ0n) is 11.9. The molecule has 0 saturated carbocycles. The molecule has 0 radical (unpaired) electrons. The number of piperidine rings is 1. The Morgan fingerprint density at radius 3 is 3.05 bits per heavy atom. The van der Waals surface area contributed by atoms with Crippen LogP contribution in [-0.4, -0.2) is 19.7 Å². The Morgan fingerprint density at radius 1 is 1.30 bits per heavy atom. The number of methoxy groups -OCH3 is 1.